The lowest BCUT2D eigenvalue weighted by Crippen LogP contribution is -2.51. The van der Waals surface area contributed by atoms with Gasteiger partial charge in [-0.1, -0.05) is 48.0 Å². The van der Waals surface area contributed by atoms with Crippen LogP contribution < -0.4 is 16.2 Å². The van der Waals surface area contributed by atoms with Gasteiger partial charge in [-0.15, -0.1) is 0 Å². The first-order chi connectivity index (χ1) is 29.5. The summed E-state index contributed by atoms with van der Waals surface area (Å²) in [7, 11) is 0. The van der Waals surface area contributed by atoms with Crippen LogP contribution in [0, 0.1) is 5.92 Å². The fourth-order valence-electron chi connectivity index (χ4n) is 8.45. The lowest BCUT2D eigenvalue weighted by molar-refractivity contribution is -0.140. The van der Waals surface area contributed by atoms with Gasteiger partial charge in [0.1, 0.15) is 0 Å². The topological polar surface area (TPSA) is 153 Å². The molecule has 13 nitrogen and oxygen atoms in total. The quantitative estimate of drug-likeness (QED) is 0.0634. The first-order valence-corrected chi connectivity index (χ1v) is 22.7. The van der Waals surface area contributed by atoms with Gasteiger partial charge in [0.15, 0.2) is 0 Å². The monoisotopic (exact) mass is 958 g/mol. The Labute approximate surface area is 374 Å². The average Bonchev–Trinajstić information content (AvgIpc) is 4.12. The van der Waals surface area contributed by atoms with Crippen LogP contribution in [0.25, 0.3) is 21.8 Å². The number of benzene rings is 3. The summed E-state index contributed by atoms with van der Waals surface area (Å²) in [6, 6.07) is 22.4. The van der Waals surface area contributed by atoms with E-state index in [4.69, 9.17) is 16.6 Å². The van der Waals surface area contributed by atoms with Crippen molar-refractivity contribution < 1.29 is 19.5 Å². The maximum absolute atomic E-state index is 14.1. The number of amides is 3. The molecule has 0 spiro atoms. The molecule has 3 aliphatic rings. The van der Waals surface area contributed by atoms with Crippen molar-refractivity contribution in [2.45, 2.75) is 69.4 Å². The van der Waals surface area contributed by atoms with Gasteiger partial charge >= 0.3 is 0 Å². The highest BCUT2D eigenvalue weighted by molar-refractivity contribution is 14.1. The van der Waals surface area contributed by atoms with Gasteiger partial charge in [-0.25, -0.2) is 8.10 Å². The van der Waals surface area contributed by atoms with Gasteiger partial charge in [0.2, 0.25) is 11.8 Å². The molecule has 61 heavy (non-hydrogen) atoms. The highest BCUT2D eigenvalue weighted by atomic mass is 127. The van der Waals surface area contributed by atoms with E-state index in [-0.39, 0.29) is 35.7 Å². The van der Waals surface area contributed by atoms with E-state index in [2.05, 4.69) is 46.5 Å². The molecular weight excluding hydrogens is 907 g/mol. The van der Waals surface area contributed by atoms with E-state index in [9.17, 15) is 24.3 Å². The number of anilines is 1. The molecular formula is C46H52ClIN8O5. The maximum atomic E-state index is 14.1. The second-order valence-corrected chi connectivity index (χ2v) is 18.6. The molecule has 2 aromatic heterocycles. The number of hydrogen-bond donors (Lipinski definition) is 3. The van der Waals surface area contributed by atoms with Crippen LogP contribution in [0.4, 0.5) is 5.69 Å². The second-order valence-electron chi connectivity index (χ2n) is 16.8. The number of halogens is 2. The van der Waals surface area contributed by atoms with E-state index < -0.39 is 5.60 Å². The number of piperidine rings is 1. The van der Waals surface area contributed by atoms with Crippen LogP contribution in [0.1, 0.15) is 72.5 Å². The number of nitrogens with zero attached hydrogens (tertiary/aromatic N) is 6. The van der Waals surface area contributed by atoms with Crippen molar-refractivity contribution in [3.8, 4) is 0 Å². The fraction of sp³-hybridized carbons (Fsp3) is 0.435. The Morgan fingerprint density at radius 3 is 2.43 bits per heavy atom. The van der Waals surface area contributed by atoms with Crippen molar-refractivity contribution in [3.05, 3.63) is 111 Å². The van der Waals surface area contributed by atoms with Crippen LogP contribution in [0.3, 0.4) is 0 Å². The number of carbonyl (C=O) groups is 3. The van der Waals surface area contributed by atoms with Crippen LogP contribution in [0.5, 0.6) is 0 Å². The summed E-state index contributed by atoms with van der Waals surface area (Å²) >= 11 is 8.86. The molecule has 3 N–H and O–H groups in total. The zero-order valence-corrected chi connectivity index (χ0v) is 37.1. The highest BCUT2D eigenvalue weighted by Crippen LogP contribution is 2.41. The minimum atomic E-state index is -1.20. The molecule has 4 heterocycles. The summed E-state index contributed by atoms with van der Waals surface area (Å²) in [5.41, 5.74) is 2.85. The fourth-order valence-corrected chi connectivity index (χ4v) is 9.16. The lowest BCUT2D eigenvalue weighted by atomic mass is 9.88. The minimum absolute atomic E-state index is 0.0210. The summed E-state index contributed by atoms with van der Waals surface area (Å²) in [5.74, 6) is -0.123. The van der Waals surface area contributed by atoms with E-state index in [0.717, 1.165) is 55.7 Å². The van der Waals surface area contributed by atoms with E-state index in [1.165, 1.54) is 10.9 Å². The van der Waals surface area contributed by atoms with Crippen LogP contribution in [0.2, 0.25) is 5.02 Å². The molecule has 3 fully saturated rings. The van der Waals surface area contributed by atoms with Crippen molar-refractivity contribution in [2.24, 2.45) is 5.92 Å². The zero-order chi connectivity index (χ0) is 42.5. The molecule has 5 aromatic rings. The average molecular weight is 959 g/mol. The van der Waals surface area contributed by atoms with Crippen molar-refractivity contribution >= 4 is 79.7 Å². The summed E-state index contributed by atoms with van der Waals surface area (Å²) < 4.78 is 3.69. The largest absolute Gasteiger partial charge is 0.388 e. The Bertz CT molecular complexity index is 2450. The smallest absolute Gasteiger partial charge is 0.261 e. The molecule has 1 saturated carbocycles. The number of nitrogens with one attached hydrogen (secondary N) is 2. The summed E-state index contributed by atoms with van der Waals surface area (Å²) in [6.07, 6.45) is 6.42. The number of fused-ring (bicyclic) bond motifs is 2. The number of rotatable bonds is 15. The number of hydrogen-bond acceptors (Lipinski definition) is 9. The van der Waals surface area contributed by atoms with Crippen molar-refractivity contribution in [2.75, 3.05) is 57.7 Å². The van der Waals surface area contributed by atoms with Gasteiger partial charge in [0.05, 0.1) is 39.9 Å². The number of likely N-dealkylation sites (tertiary alicyclic amines) is 1. The molecule has 3 amide bonds. The van der Waals surface area contributed by atoms with E-state index >= 15 is 0 Å². The van der Waals surface area contributed by atoms with Crippen molar-refractivity contribution in [1.82, 2.24) is 32.8 Å². The third-order valence-electron chi connectivity index (χ3n) is 12.3. The number of carbonyl (C=O) groups excluding carboxylic acids is 3. The van der Waals surface area contributed by atoms with E-state index in [1.807, 2.05) is 47.4 Å². The molecule has 320 valence electrons. The second kappa shape index (κ2) is 19.3. The summed E-state index contributed by atoms with van der Waals surface area (Å²) in [6.45, 7) is 5.72. The number of piperazine rings is 1. The molecule has 3 aromatic carbocycles. The van der Waals surface area contributed by atoms with Crippen LogP contribution in [0.15, 0.2) is 83.9 Å². The number of aliphatic hydroxyl groups is 1. The number of aromatic nitrogens is 3. The molecule has 1 atom stereocenters. The van der Waals surface area contributed by atoms with E-state index in [0.29, 0.717) is 103 Å². The standard InChI is InChI=1S/C46H52ClIN8O5/c47-38-28-39(32-8-9-32)52-41-26-33(10-12-36(38)41)43(58)49-17-4-7-34(25-31-5-2-1-3-6-31)44(59)54-19-15-46(61,16-20-54)29-55-30-50-40-27-35(11-13-37(40)45(55)60)51-42(57)14-18-53-21-23-56(48)24-22-53/h1-3,5-6,10-13,26-28,30,32,34,61H,4,7-9,14-25,29H2,(H,49,58)(H,51,57). The third-order valence-corrected chi connectivity index (χ3v) is 13.6. The van der Waals surface area contributed by atoms with Gasteiger partial charge in [-0.05, 0) is 86.9 Å². The van der Waals surface area contributed by atoms with Crippen molar-refractivity contribution in [1.29, 1.82) is 0 Å². The van der Waals surface area contributed by atoms with Crippen LogP contribution >= 0.6 is 34.5 Å². The summed E-state index contributed by atoms with van der Waals surface area (Å²) in [5, 5.41) is 19.5. The van der Waals surface area contributed by atoms with Gasteiger partial charge in [-0.3, -0.25) is 28.7 Å². The maximum Gasteiger partial charge on any atom is 0.261 e. The molecule has 15 heteroatoms. The van der Waals surface area contributed by atoms with Gasteiger partial charge in [-0.2, -0.15) is 0 Å². The first kappa shape index (κ1) is 43.2. The molecule has 0 radical (unpaired) electrons. The van der Waals surface area contributed by atoms with Gasteiger partial charge in [0, 0.05) is 116 Å². The zero-order valence-electron chi connectivity index (χ0n) is 34.2. The first-order valence-electron chi connectivity index (χ1n) is 21.4. The summed E-state index contributed by atoms with van der Waals surface area (Å²) in [4.78, 5) is 67.0. The molecule has 8 rings (SSSR count). The molecule has 0 bridgehead atoms. The highest BCUT2D eigenvalue weighted by Gasteiger charge is 2.36. The molecule has 2 saturated heterocycles. The predicted octanol–water partition coefficient (Wildman–Crippen LogP) is 6.19. The Balaban J connectivity index is 0.843. The number of pyridine rings is 1. The SMILES string of the molecule is O=C(CCN1CCN(I)CC1)Nc1ccc2c(=O)n(CC3(O)CCN(C(=O)C(CCCNC(=O)c4ccc5c(Cl)cc(C6CC6)nc5c4)Cc4ccccc4)CC3)cnc2c1. The van der Waals surface area contributed by atoms with E-state index in [1.54, 1.807) is 30.3 Å². The van der Waals surface area contributed by atoms with Gasteiger partial charge in [0.25, 0.3) is 11.5 Å². The van der Waals surface area contributed by atoms with Crippen LogP contribution in [-0.4, -0.2) is 108 Å². The minimum Gasteiger partial charge on any atom is -0.388 e. The molecule has 1 aliphatic carbocycles. The predicted molar refractivity (Wildman–Crippen MR) is 246 cm³/mol. The molecule has 2 aliphatic heterocycles. The lowest BCUT2D eigenvalue weighted by Gasteiger charge is -2.39. The van der Waals surface area contributed by atoms with Gasteiger partial charge < -0.3 is 25.5 Å². The normalized spacial score (nSPS) is 17.7. The van der Waals surface area contributed by atoms with Crippen molar-refractivity contribution in [3.63, 3.8) is 0 Å². The van der Waals surface area contributed by atoms with Crippen LogP contribution in [-0.2, 0) is 22.6 Å². The Morgan fingerprint density at radius 2 is 1.67 bits per heavy atom. The Morgan fingerprint density at radius 1 is 0.918 bits per heavy atom. The third kappa shape index (κ3) is 10.9. The molecule has 1 unspecified atom stereocenters. The Kier molecular flexibility index (Phi) is 13.6. The Hall–Kier alpha value is -4.48.